The van der Waals surface area contributed by atoms with Crippen molar-refractivity contribution in [2.24, 2.45) is 0 Å². The van der Waals surface area contributed by atoms with Gasteiger partial charge in [-0.2, -0.15) is 0 Å². The van der Waals surface area contributed by atoms with Crippen LogP contribution < -0.4 is 21.5 Å². The zero-order valence-corrected chi connectivity index (χ0v) is 18.6. The molecule has 162 valence electrons. The molecule has 0 saturated heterocycles. The van der Waals surface area contributed by atoms with Gasteiger partial charge in [-0.1, -0.05) is 41.4 Å². The monoisotopic (exact) mass is 486 g/mol. The van der Waals surface area contributed by atoms with Gasteiger partial charge in [0.1, 0.15) is 0 Å². The lowest BCUT2D eigenvalue weighted by Gasteiger charge is -2.12. The summed E-state index contributed by atoms with van der Waals surface area (Å²) in [6.45, 7) is 0. The largest absolute Gasteiger partial charge is 0.322 e. The molecule has 0 aromatic heterocycles. The molecule has 4 N–H and O–H groups in total. The molecule has 0 fully saturated rings. The van der Waals surface area contributed by atoms with Crippen LogP contribution in [-0.4, -0.2) is 22.8 Å². The van der Waals surface area contributed by atoms with Gasteiger partial charge in [0, 0.05) is 21.8 Å². The lowest BCUT2D eigenvalue weighted by atomic mass is 10.1. The molecule has 3 rings (SSSR count). The summed E-state index contributed by atoms with van der Waals surface area (Å²) in [5, 5.41) is 5.58. The number of benzene rings is 3. The van der Waals surface area contributed by atoms with Crippen LogP contribution in [-0.2, 0) is 0 Å². The lowest BCUT2D eigenvalue weighted by molar-refractivity contribution is 0.0934. The molecule has 0 aliphatic rings. The molecule has 10 heteroatoms. The molecule has 3 aromatic rings. The van der Waals surface area contributed by atoms with E-state index < -0.39 is 11.8 Å². The highest BCUT2D eigenvalue weighted by molar-refractivity contribution is 7.80. The van der Waals surface area contributed by atoms with Gasteiger partial charge in [0.2, 0.25) is 0 Å². The number of rotatable bonds is 4. The predicted molar refractivity (Wildman–Crippen MR) is 128 cm³/mol. The van der Waals surface area contributed by atoms with Crippen LogP contribution in [0.3, 0.4) is 0 Å². The van der Waals surface area contributed by atoms with Crippen molar-refractivity contribution >= 4 is 63.9 Å². The van der Waals surface area contributed by atoms with E-state index in [1.54, 1.807) is 36.4 Å². The summed E-state index contributed by atoms with van der Waals surface area (Å²) in [6.07, 6.45) is 0. The molecular weight excluding hydrogens is 471 g/mol. The van der Waals surface area contributed by atoms with E-state index in [0.717, 1.165) is 0 Å². The van der Waals surface area contributed by atoms with Crippen LogP contribution in [0.5, 0.6) is 0 Å². The van der Waals surface area contributed by atoms with Crippen molar-refractivity contribution in [3.05, 3.63) is 99.5 Å². The van der Waals surface area contributed by atoms with Crippen LogP contribution in [0.15, 0.2) is 72.8 Å². The first-order valence-corrected chi connectivity index (χ1v) is 10.3. The smallest absolute Gasteiger partial charge is 0.269 e. The second-order valence-corrected chi connectivity index (χ2v) is 7.64. The van der Waals surface area contributed by atoms with E-state index in [2.05, 4.69) is 21.5 Å². The normalized spacial score (nSPS) is 10.1. The van der Waals surface area contributed by atoms with Crippen molar-refractivity contribution in [3.8, 4) is 0 Å². The third kappa shape index (κ3) is 6.27. The average molecular weight is 487 g/mol. The van der Waals surface area contributed by atoms with Crippen molar-refractivity contribution < 1.29 is 14.4 Å². The molecule has 0 heterocycles. The quantitative estimate of drug-likeness (QED) is 0.327. The number of carbonyl (C=O) groups is 3. The Balaban J connectivity index is 1.50. The van der Waals surface area contributed by atoms with E-state index >= 15 is 0 Å². The summed E-state index contributed by atoms with van der Waals surface area (Å²) in [5.74, 6) is -1.31. The molecule has 0 radical (unpaired) electrons. The topological polar surface area (TPSA) is 99.3 Å². The molecule has 0 bridgehead atoms. The maximum absolute atomic E-state index is 12.3. The Kier molecular flexibility index (Phi) is 7.77. The third-order valence-electron chi connectivity index (χ3n) is 4.13. The van der Waals surface area contributed by atoms with Crippen molar-refractivity contribution in [3.63, 3.8) is 0 Å². The Morgan fingerprint density at radius 1 is 0.719 bits per heavy atom. The van der Waals surface area contributed by atoms with Gasteiger partial charge < -0.3 is 5.32 Å². The zero-order valence-electron chi connectivity index (χ0n) is 16.3. The maximum atomic E-state index is 12.3. The maximum Gasteiger partial charge on any atom is 0.269 e. The van der Waals surface area contributed by atoms with Crippen LogP contribution in [0.25, 0.3) is 0 Å². The highest BCUT2D eigenvalue weighted by Crippen LogP contribution is 2.20. The van der Waals surface area contributed by atoms with E-state index in [0.29, 0.717) is 21.8 Å². The standard InChI is InChI=1S/C22H16Cl2N4O3S/c23-15-8-11-17(18(24)12-15)21(31)26-22(32)28-27-20(30)14-6-9-16(10-7-14)25-19(29)13-4-2-1-3-5-13/h1-12H,(H,25,29)(H,27,30)(H2,26,28,31,32). The van der Waals surface area contributed by atoms with Crippen molar-refractivity contribution in [2.45, 2.75) is 0 Å². The summed E-state index contributed by atoms with van der Waals surface area (Å²) in [6, 6.07) is 19.4. The number of anilines is 1. The first-order chi connectivity index (χ1) is 15.3. The number of hydrazine groups is 1. The van der Waals surface area contributed by atoms with E-state index in [1.165, 1.54) is 30.3 Å². The van der Waals surface area contributed by atoms with Crippen LogP contribution in [0.4, 0.5) is 5.69 Å². The molecule has 3 aromatic carbocycles. The SMILES string of the molecule is O=C(NNC(=S)NC(=O)c1ccc(Cl)cc1Cl)c1ccc(NC(=O)c2ccccc2)cc1. The van der Waals surface area contributed by atoms with Gasteiger partial charge in [-0.3, -0.25) is 30.6 Å². The second-order valence-electron chi connectivity index (χ2n) is 6.38. The Labute approximate surface area is 199 Å². The molecule has 0 atom stereocenters. The molecule has 3 amide bonds. The number of thiocarbonyl (C=S) groups is 1. The molecule has 0 unspecified atom stereocenters. The number of amides is 3. The summed E-state index contributed by atoms with van der Waals surface area (Å²) in [7, 11) is 0. The molecule has 0 aliphatic carbocycles. The number of nitrogens with one attached hydrogen (secondary N) is 4. The van der Waals surface area contributed by atoms with Crippen LogP contribution in [0, 0.1) is 0 Å². The third-order valence-corrected chi connectivity index (χ3v) is 4.89. The number of hydrogen-bond acceptors (Lipinski definition) is 4. The predicted octanol–water partition coefficient (Wildman–Crippen LogP) is 4.20. The molecule has 0 saturated carbocycles. The summed E-state index contributed by atoms with van der Waals surface area (Å²) < 4.78 is 0. The van der Waals surface area contributed by atoms with Crippen LogP contribution >= 0.6 is 35.4 Å². The Morgan fingerprint density at radius 3 is 2.03 bits per heavy atom. The van der Waals surface area contributed by atoms with Gasteiger partial charge in [0.25, 0.3) is 17.7 Å². The summed E-state index contributed by atoms with van der Waals surface area (Å²) in [4.78, 5) is 36.7. The van der Waals surface area contributed by atoms with Crippen LogP contribution in [0.1, 0.15) is 31.1 Å². The van der Waals surface area contributed by atoms with Crippen molar-refractivity contribution in [1.29, 1.82) is 0 Å². The fraction of sp³-hybridized carbons (Fsp3) is 0. The summed E-state index contributed by atoms with van der Waals surface area (Å²) in [5.41, 5.74) is 6.37. The highest BCUT2D eigenvalue weighted by atomic mass is 35.5. The Morgan fingerprint density at radius 2 is 1.38 bits per heavy atom. The van der Waals surface area contributed by atoms with Gasteiger partial charge in [0.15, 0.2) is 5.11 Å². The Bertz CT molecular complexity index is 1170. The van der Waals surface area contributed by atoms with E-state index in [9.17, 15) is 14.4 Å². The minimum Gasteiger partial charge on any atom is -0.322 e. The fourth-order valence-electron chi connectivity index (χ4n) is 2.56. The van der Waals surface area contributed by atoms with Gasteiger partial charge in [-0.15, -0.1) is 0 Å². The van der Waals surface area contributed by atoms with Gasteiger partial charge in [-0.05, 0) is 66.8 Å². The molecule has 0 aliphatic heterocycles. The molecule has 32 heavy (non-hydrogen) atoms. The van der Waals surface area contributed by atoms with Gasteiger partial charge in [0.05, 0.1) is 10.6 Å². The van der Waals surface area contributed by atoms with Gasteiger partial charge >= 0.3 is 0 Å². The minimum absolute atomic E-state index is 0.124. The average Bonchev–Trinajstić information content (AvgIpc) is 2.78. The molecule has 0 spiro atoms. The lowest BCUT2D eigenvalue weighted by Crippen LogP contribution is -2.48. The number of hydrogen-bond donors (Lipinski definition) is 4. The molecule has 7 nitrogen and oxygen atoms in total. The molecular formula is C22H16Cl2N4O3S. The van der Waals surface area contributed by atoms with E-state index in [4.69, 9.17) is 35.4 Å². The Hall–Kier alpha value is -3.46. The summed E-state index contributed by atoms with van der Waals surface area (Å²) >= 11 is 16.8. The fourth-order valence-corrected chi connectivity index (χ4v) is 3.20. The zero-order chi connectivity index (χ0) is 23.1. The minimum atomic E-state index is -0.558. The highest BCUT2D eigenvalue weighted by Gasteiger charge is 2.13. The van der Waals surface area contributed by atoms with Crippen molar-refractivity contribution in [1.82, 2.24) is 16.2 Å². The second kappa shape index (κ2) is 10.7. The van der Waals surface area contributed by atoms with E-state index in [1.807, 2.05) is 6.07 Å². The van der Waals surface area contributed by atoms with Crippen LogP contribution in [0.2, 0.25) is 10.0 Å². The number of carbonyl (C=O) groups excluding carboxylic acids is 3. The first kappa shape index (κ1) is 23.2. The van der Waals surface area contributed by atoms with E-state index in [-0.39, 0.29) is 21.6 Å². The van der Waals surface area contributed by atoms with Crippen molar-refractivity contribution in [2.75, 3.05) is 5.32 Å². The first-order valence-electron chi connectivity index (χ1n) is 9.16. The van der Waals surface area contributed by atoms with Gasteiger partial charge in [-0.25, -0.2) is 0 Å². The number of halogens is 2.